The van der Waals surface area contributed by atoms with E-state index in [-0.39, 0.29) is 23.7 Å². The minimum absolute atomic E-state index is 0.0557. The number of rotatable bonds is 5. The highest BCUT2D eigenvalue weighted by atomic mass is 19.1. The predicted molar refractivity (Wildman–Crippen MR) is 82.3 cm³/mol. The molecular weight excluding hydrogens is 267 g/mol. The van der Waals surface area contributed by atoms with Gasteiger partial charge in [-0.2, -0.15) is 0 Å². The quantitative estimate of drug-likeness (QED) is 0.876. The van der Waals surface area contributed by atoms with E-state index in [1.807, 2.05) is 0 Å². The molecule has 21 heavy (non-hydrogen) atoms. The lowest BCUT2D eigenvalue weighted by atomic mass is 9.92. The van der Waals surface area contributed by atoms with Crippen LogP contribution in [-0.4, -0.2) is 19.0 Å². The van der Waals surface area contributed by atoms with Crippen LogP contribution < -0.4 is 10.6 Å². The van der Waals surface area contributed by atoms with Gasteiger partial charge in [0.2, 0.25) is 5.91 Å². The Morgan fingerprint density at radius 2 is 1.90 bits per heavy atom. The third-order valence-corrected chi connectivity index (χ3v) is 4.15. The molecule has 4 heteroatoms. The molecule has 0 radical (unpaired) electrons. The normalized spacial score (nSPS) is 17.7. The summed E-state index contributed by atoms with van der Waals surface area (Å²) < 4.78 is 13.0. The third-order valence-electron chi connectivity index (χ3n) is 4.15. The first-order valence-corrected chi connectivity index (χ1v) is 7.82. The van der Waals surface area contributed by atoms with Gasteiger partial charge in [0.25, 0.3) is 0 Å². The second-order valence-corrected chi connectivity index (χ2v) is 6.24. The third kappa shape index (κ3) is 4.81. The zero-order valence-electron chi connectivity index (χ0n) is 12.9. The number of benzene rings is 1. The molecule has 3 nitrogen and oxygen atoms in total. The van der Waals surface area contributed by atoms with Crippen LogP contribution >= 0.6 is 0 Å². The van der Waals surface area contributed by atoms with E-state index >= 15 is 0 Å². The molecule has 1 amide bonds. The number of piperidine rings is 1. The molecule has 1 saturated heterocycles. The Balaban J connectivity index is 1.95. The predicted octanol–water partition coefficient (Wildman–Crippen LogP) is 3.03. The molecule has 1 aliphatic rings. The standard InChI is InChI=1S/C17H25FN2O/c1-12(2)17(14-3-5-15(18)6-4-14)20-16(21)11-13-7-9-19-10-8-13/h3-6,12-13,17,19H,7-11H2,1-2H3,(H,20,21)/t17-/m1/s1. The molecule has 0 saturated carbocycles. The van der Waals surface area contributed by atoms with Crippen molar-refractivity contribution in [1.29, 1.82) is 0 Å². The van der Waals surface area contributed by atoms with Crippen LogP contribution in [0.3, 0.4) is 0 Å². The highest BCUT2D eigenvalue weighted by Gasteiger charge is 2.21. The SMILES string of the molecule is CC(C)[C@@H](NC(=O)CC1CCNCC1)c1ccc(F)cc1. The van der Waals surface area contributed by atoms with Gasteiger partial charge < -0.3 is 10.6 Å². The minimum Gasteiger partial charge on any atom is -0.349 e. The molecule has 0 unspecified atom stereocenters. The van der Waals surface area contributed by atoms with Gasteiger partial charge >= 0.3 is 0 Å². The summed E-state index contributed by atoms with van der Waals surface area (Å²) in [6.07, 6.45) is 2.72. The van der Waals surface area contributed by atoms with Crippen LogP contribution in [0.15, 0.2) is 24.3 Å². The molecule has 0 aromatic heterocycles. The number of nitrogens with one attached hydrogen (secondary N) is 2. The van der Waals surface area contributed by atoms with Crippen molar-refractivity contribution in [2.75, 3.05) is 13.1 Å². The van der Waals surface area contributed by atoms with E-state index in [1.165, 1.54) is 12.1 Å². The van der Waals surface area contributed by atoms with E-state index in [9.17, 15) is 9.18 Å². The molecule has 0 bridgehead atoms. The molecule has 1 aliphatic heterocycles. The van der Waals surface area contributed by atoms with E-state index in [4.69, 9.17) is 0 Å². The number of hydrogen-bond donors (Lipinski definition) is 2. The second-order valence-electron chi connectivity index (χ2n) is 6.24. The van der Waals surface area contributed by atoms with Gasteiger partial charge in [-0.3, -0.25) is 4.79 Å². The Morgan fingerprint density at radius 3 is 2.48 bits per heavy atom. The van der Waals surface area contributed by atoms with Gasteiger partial charge in [0.05, 0.1) is 6.04 Å². The number of carbonyl (C=O) groups is 1. The first-order chi connectivity index (χ1) is 10.1. The van der Waals surface area contributed by atoms with Crippen molar-refractivity contribution in [2.45, 2.75) is 39.2 Å². The fourth-order valence-electron chi connectivity index (χ4n) is 2.89. The summed E-state index contributed by atoms with van der Waals surface area (Å²) in [6, 6.07) is 6.35. The Morgan fingerprint density at radius 1 is 1.29 bits per heavy atom. The molecular formula is C17H25FN2O. The van der Waals surface area contributed by atoms with E-state index in [0.717, 1.165) is 31.5 Å². The van der Waals surface area contributed by atoms with Crippen molar-refractivity contribution in [1.82, 2.24) is 10.6 Å². The summed E-state index contributed by atoms with van der Waals surface area (Å²) in [7, 11) is 0. The van der Waals surface area contributed by atoms with Crippen molar-refractivity contribution >= 4 is 5.91 Å². The highest BCUT2D eigenvalue weighted by Crippen LogP contribution is 2.23. The van der Waals surface area contributed by atoms with Gasteiger partial charge in [-0.15, -0.1) is 0 Å². The molecule has 0 aliphatic carbocycles. The van der Waals surface area contributed by atoms with Crippen LogP contribution in [0.5, 0.6) is 0 Å². The Labute approximate surface area is 126 Å². The van der Waals surface area contributed by atoms with Gasteiger partial charge in [0.15, 0.2) is 0 Å². The summed E-state index contributed by atoms with van der Waals surface area (Å²) >= 11 is 0. The van der Waals surface area contributed by atoms with E-state index < -0.39 is 0 Å². The molecule has 1 heterocycles. The average Bonchev–Trinajstić information content (AvgIpc) is 2.47. The maximum absolute atomic E-state index is 13.0. The molecule has 1 aromatic rings. The van der Waals surface area contributed by atoms with Crippen LogP contribution in [0, 0.1) is 17.7 Å². The maximum Gasteiger partial charge on any atom is 0.220 e. The highest BCUT2D eigenvalue weighted by molar-refractivity contribution is 5.76. The lowest BCUT2D eigenvalue weighted by Crippen LogP contribution is -2.35. The topological polar surface area (TPSA) is 41.1 Å². The average molecular weight is 292 g/mol. The first-order valence-electron chi connectivity index (χ1n) is 7.82. The largest absolute Gasteiger partial charge is 0.349 e. The molecule has 116 valence electrons. The number of amides is 1. The monoisotopic (exact) mass is 292 g/mol. The van der Waals surface area contributed by atoms with Gasteiger partial charge in [-0.05, 0) is 55.5 Å². The fraction of sp³-hybridized carbons (Fsp3) is 0.588. The Kier molecular flexibility index (Phi) is 5.74. The van der Waals surface area contributed by atoms with Crippen LogP contribution in [0.2, 0.25) is 0 Å². The molecule has 0 spiro atoms. The number of halogens is 1. The lowest BCUT2D eigenvalue weighted by Gasteiger charge is -2.26. The second kappa shape index (κ2) is 7.55. The minimum atomic E-state index is -0.248. The van der Waals surface area contributed by atoms with Crippen molar-refractivity contribution in [3.05, 3.63) is 35.6 Å². The zero-order chi connectivity index (χ0) is 15.2. The van der Waals surface area contributed by atoms with Gasteiger partial charge in [0.1, 0.15) is 5.82 Å². The van der Waals surface area contributed by atoms with Crippen molar-refractivity contribution in [2.24, 2.45) is 11.8 Å². The van der Waals surface area contributed by atoms with Crippen molar-refractivity contribution < 1.29 is 9.18 Å². The smallest absolute Gasteiger partial charge is 0.220 e. The van der Waals surface area contributed by atoms with Gasteiger partial charge in [0, 0.05) is 6.42 Å². The van der Waals surface area contributed by atoms with Gasteiger partial charge in [-0.25, -0.2) is 4.39 Å². The molecule has 2 rings (SSSR count). The molecule has 2 N–H and O–H groups in total. The fourth-order valence-corrected chi connectivity index (χ4v) is 2.89. The van der Waals surface area contributed by atoms with Crippen LogP contribution in [-0.2, 0) is 4.79 Å². The first kappa shape index (κ1) is 16.0. The van der Waals surface area contributed by atoms with E-state index in [2.05, 4.69) is 24.5 Å². The van der Waals surface area contributed by atoms with Crippen LogP contribution in [0.25, 0.3) is 0 Å². The summed E-state index contributed by atoms with van der Waals surface area (Å²) in [5.41, 5.74) is 0.963. The Bertz CT molecular complexity index is 452. The molecule has 1 fully saturated rings. The van der Waals surface area contributed by atoms with E-state index in [0.29, 0.717) is 12.3 Å². The number of carbonyl (C=O) groups excluding carboxylic acids is 1. The van der Waals surface area contributed by atoms with E-state index in [1.54, 1.807) is 12.1 Å². The summed E-state index contributed by atoms with van der Waals surface area (Å²) in [5, 5.41) is 6.43. The van der Waals surface area contributed by atoms with Crippen LogP contribution in [0.1, 0.15) is 44.7 Å². The van der Waals surface area contributed by atoms with Crippen LogP contribution in [0.4, 0.5) is 4.39 Å². The van der Waals surface area contributed by atoms with Crippen molar-refractivity contribution in [3.8, 4) is 0 Å². The summed E-state index contributed by atoms with van der Waals surface area (Å²) in [5.74, 6) is 0.604. The lowest BCUT2D eigenvalue weighted by molar-refractivity contribution is -0.123. The summed E-state index contributed by atoms with van der Waals surface area (Å²) in [4.78, 5) is 12.3. The number of hydrogen-bond acceptors (Lipinski definition) is 2. The van der Waals surface area contributed by atoms with Crippen molar-refractivity contribution in [3.63, 3.8) is 0 Å². The maximum atomic E-state index is 13.0. The molecule has 1 aromatic carbocycles. The summed E-state index contributed by atoms with van der Waals surface area (Å²) in [6.45, 7) is 6.14. The zero-order valence-corrected chi connectivity index (χ0v) is 12.9. The van der Waals surface area contributed by atoms with Gasteiger partial charge in [-0.1, -0.05) is 26.0 Å². The molecule has 1 atom stereocenters. The Hall–Kier alpha value is -1.42.